The van der Waals surface area contributed by atoms with E-state index in [0.717, 1.165) is 31.9 Å². The van der Waals surface area contributed by atoms with E-state index in [4.69, 9.17) is 15.2 Å². The predicted molar refractivity (Wildman–Crippen MR) is 71.4 cm³/mol. The summed E-state index contributed by atoms with van der Waals surface area (Å²) in [6.07, 6.45) is 8.08. The fourth-order valence-corrected chi connectivity index (χ4v) is 3.94. The molecule has 3 unspecified atom stereocenters. The van der Waals surface area contributed by atoms with Crippen LogP contribution in [-0.2, 0) is 9.47 Å². The second-order valence-electron chi connectivity index (χ2n) is 7.19. The van der Waals surface area contributed by atoms with Gasteiger partial charge in [0.1, 0.15) is 0 Å². The van der Waals surface area contributed by atoms with Crippen LogP contribution >= 0.6 is 0 Å². The van der Waals surface area contributed by atoms with E-state index in [0.29, 0.717) is 12.2 Å². The van der Waals surface area contributed by atoms with Gasteiger partial charge in [-0.15, -0.1) is 0 Å². The van der Waals surface area contributed by atoms with Gasteiger partial charge < -0.3 is 15.2 Å². The summed E-state index contributed by atoms with van der Waals surface area (Å²) in [5.74, 6) is 0.783. The molecule has 0 radical (unpaired) electrons. The highest BCUT2D eigenvalue weighted by molar-refractivity contribution is 5.02. The highest BCUT2D eigenvalue weighted by Crippen LogP contribution is 2.51. The summed E-state index contributed by atoms with van der Waals surface area (Å²) in [5.41, 5.74) is 6.40. The first-order valence-electron chi connectivity index (χ1n) is 7.54. The van der Waals surface area contributed by atoms with E-state index >= 15 is 0 Å². The molecular weight excluding hydrogens is 226 g/mol. The van der Waals surface area contributed by atoms with Gasteiger partial charge in [-0.05, 0) is 58.3 Å². The molecule has 0 bridgehead atoms. The second-order valence-corrected chi connectivity index (χ2v) is 7.19. The summed E-state index contributed by atoms with van der Waals surface area (Å²) >= 11 is 0. The van der Waals surface area contributed by atoms with E-state index in [1.165, 1.54) is 25.7 Å². The molecule has 2 aliphatic heterocycles. The Hall–Kier alpha value is -0.120. The third-order valence-electron chi connectivity index (χ3n) is 5.15. The predicted octanol–water partition coefficient (Wildman–Crippen LogP) is 2.48. The first kappa shape index (κ1) is 12.9. The molecule has 0 spiro atoms. The summed E-state index contributed by atoms with van der Waals surface area (Å²) in [4.78, 5) is 0. The Bertz CT molecular complexity index is 314. The number of rotatable bonds is 4. The summed E-state index contributed by atoms with van der Waals surface area (Å²) in [5, 5.41) is 0. The average Bonchev–Trinajstić information content (AvgIpc) is 2.99. The largest absolute Gasteiger partial charge is 0.377 e. The van der Waals surface area contributed by atoms with Crippen LogP contribution in [0.2, 0.25) is 0 Å². The van der Waals surface area contributed by atoms with Gasteiger partial charge in [0.25, 0.3) is 0 Å². The third kappa shape index (κ3) is 2.33. The van der Waals surface area contributed by atoms with Crippen molar-refractivity contribution in [3.63, 3.8) is 0 Å². The van der Waals surface area contributed by atoms with Crippen molar-refractivity contribution in [2.75, 3.05) is 13.2 Å². The number of nitrogens with two attached hydrogens (primary N) is 1. The van der Waals surface area contributed by atoms with Crippen LogP contribution in [0.1, 0.15) is 52.4 Å². The van der Waals surface area contributed by atoms with Gasteiger partial charge in [0.2, 0.25) is 0 Å². The molecule has 2 saturated heterocycles. The topological polar surface area (TPSA) is 44.5 Å². The van der Waals surface area contributed by atoms with Gasteiger partial charge in [-0.3, -0.25) is 0 Å². The normalized spacial score (nSPS) is 43.5. The molecular formula is C15H27NO2. The van der Waals surface area contributed by atoms with Crippen molar-refractivity contribution >= 4 is 0 Å². The molecule has 0 aromatic heterocycles. The molecule has 0 aromatic carbocycles. The zero-order valence-electron chi connectivity index (χ0n) is 11.8. The Morgan fingerprint density at radius 2 is 1.94 bits per heavy atom. The van der Waals surface area contributed by atoms with Crippen molar-refractivity contribution in [1.82, 2.24) is 0 Å². The fourth-order valence-electron chi connectivity index (χ4n) is 3.94. The smallest absolute Gasteiger partial charge is 0.0673 e. The monoisotopic (exact) mass is 253 g/mol. The molecule has 3 atom stereocenters. The zero-order chi connectivity index (χ0) is 12.8. The first-order chi connectivity index (χ1) is 8.55. The Morgan fingerprint density at radius 3 is 2.50 bits per heavy atom. The maximum absolute atomic E-state index is 6.17. The molecule has 3 rings (SSSR count). The highest BCUT2D eigenvalue weighted by Gasteiger charge is 2.52. The molecule has 3 aliphatic rings. The summed E-state index contributed by atoms with van der Waals surface area (Å²) in [7, 11) is 0. The minimum atomic E-state index is 0.0645. The Kier molecular flexibility index (Phi) is 3.20. The van der Waals surface area contributed by atoms with E-state index in [-0.39, 0.29) is 11.0 Å². The Labute approximate surface area is 110 Å². The number of ether oxygens (including phenoxy) is 2. The van der Waals surface area contributed by atoms with E-state index in [2.05, 4.69) is 13.8 Å². The van der Waals surface area contributed by atoms with Crippen molar-refractivity contribution in [1.29, 1.82) is 0 Å². The van der Waals surface area contributed by atoms with Crippen LogP contribution in [-0.4, -0.2) is 31.0 Å². The van der Waals surface area contributed by atoms with Crippen LogP contribution in [0.25, 0.3) is 0 Å². The van der Waals surface area contributed by atoms with Crippen LogP contribution in [0, 0.1) is 11.3 Å². The summed E-state index contributed by atoms with van der Waals surface area (Å²) in [6, 6.07) is 0. The van der Waals surface area contributed by atoms with E-state index < -0.39 is 0 Å². The van der Waals surface area contributed by atoms with Crippen LogP contribution < -0.4 is 5.73 Å². The quantitative estimate of drug-likeness (QED) is 0.837. The molecule has 1 saturated carbocycles. The van der Waals surface area contributed by atoms with Gasteiger partial charge >= 0.3 is 0 Å². The lowest BCUT2D eigenvalue weighted by atomic mass is 9.74. The van der Waals surface area contributed by atoms with Gasteiger partial charge in [0.05, 0.1) is 17.8 Å². The molecule has 1 aliphatic carbocycles. The van der Waals surface area contributed by atoms with Crippen LogP contribution in [0.5, 0.6) is 0 Å². The van der Waals surface area contributed by atoms with Crippen LogP contribution in [0.15, 0.2) is 0 Å². The van der Waals surface area contributed by atoms with Crippen LogP contribution in [0.4, 0.5) is 0 Å². The zero-order valence-corrected chi connectivity index (χ0v) is 11.8. The molecule has 0 aromatic rings. The molecule has 0 amide bonds. The lowest BCUT2D eigenvalue weighted by Gasteiger charge is -2.35. The van der Waals surface area contributed by atoms with Gasteiger partial charge in [0, 0.05) is 18.6 Å². The van der Waals surface area contributed by atoms with Crippen molar-refractivity contribution < 1.29 is 9.47 Å². The average molecular weight is 253 g/mol. The van der Waals surface area contributed by atoms with E-state index in [1.807, 2.05) is 0 Å². The molecule has 2 heterocycles. The molecule has 3 nitrogen and oxygen atoms in total. The van der Waals surface area contributed by atoms with E-state index in [9.17, 15) is 0 Å². The molecule has 3 heteroatoms. The summed E-state index contributed by atoms with van der Waals surface area (Å²) < 4.78 is 12.2. The molecule has 104 valence electrons. The van der Waals surface area contributed by atoms with Crippen molar-refractivity contribution in [2.24, 2.45) is 17.1 Å². The first-order valence-corrected chi connectivity index (χ1v) is 7.54. The number of hydrogen-bond acceptors (Lipinski definition) is 3. The Morgan fingerprint density at radius 1 is 1.17 bits per heavy atom. The number of hydrogen-bond donors (Lipinski definition) is 1. The molecule has 18 heavy (non-hydrogen) atoms. The lowest BCUT2D eigenvalue weighted by molar-refractivity contribution is -0.0507. The lowest BCUT2D eigenvalue weighted by Crippen LogP contribution is -2.42. The Balaban J connectivity index is 1.68. The SMILES string of the molecule is CC1(C)CCC(CC2(CN)CCOC2C2CC2)O1. The fraction of sp³-hybridized carbons (Fsp3) is 1.00. The van der Waals surface area contributed by atoms with Crippen LogP contribution in [0.3, 0.4) is 0 Å². The van der Waals surface area contributed by atoms with Crippen molar-refractivity contribution in [2.45, 2.75) is 70.2 Å². The minimum absolute atomic E-state index is 0.0645. The van der Waals surface area contributed by atoms with Gasteiger partial charge in [-0.1, -0.05) is 0 Å². The second kappa shape index (κ2) is 4.46. The standard InChI is InChI=1S/C15H27NO2/c1-14(2)6-5-12(18-14)9-15(10-16)7-8-17-13(15)11-3-4-11/h11-13H,3-10,16H2,1-2H3. The summed E-state index contributed by atoms with van der Waals surface area (Å²) in [6.45, 7) is 6.06. The van der Waals surface area contributed by atoms with Crippen molar-refractivity contribution in [3.8, 4) is 0 Å². The van der Waals surface area contributed by atoms with Gasteiger partial charge in [-0.2, -0.15) is 0 Å². The molecule has 3 fully saturated rings. The maximum Gasteiger partial charge on any atom is 0.0673 e. The van der Waals surface area contributed by atoms with Crippen molar-refractivity contribution in [3.05, 3.63) is 0 Å². The van der Waals surface area contributed by atoms with E-state index in [1.54, 1.807) is 0 Å². The van der Waals surface area contributed by atoms with Gasteiger partial charge in [0.15, 0.2) is 0 Å². The minimum Gasteiger partial charge on any atom is -0.377 e. The third-order valence-corrected chi connectivity index (χ3v) is 5.15. The highest BCUT2D eigenvalue weighted by atomic mass is 16.5. The molecule has 2 N–H and O–H groups in total. The maximum atomic E-state index is 6.17. The van der Waals surface area contributed by atoms with Gasteiger partial charge in [-0.25, -0.2) is 0 Å².